The molecule has 2 rings (SSSR count). The zero-order valence-electron chi connectivity index (χ0n) is 14.4. The summed E-state index contributed by atoms with van der Waals surface area (Å²) in [5.74, 6) is -0.850. The van der Waals surface area contributed by atoms with Gasteiger partial charge in [-0.05, 0) is 49.2 Å². The number of aliphatic hydroxyl groups excluding tert-OH is 1. The second-order valence-electron chi connectivity index (χ2n) is 6.90. The van der Waals surface area contributed by atoms with E-state index >= 15 is 0 Å². The van der Waals surface area contributed by atoms with Gasteiger partial charge in [0, 0.05) is 15.6 Å². The van der Waals surface area contributed by atoms with Crippen LogP contribution in [-0.2, 0) is 6.61 Å². The summed E-state index contributed by atoms with van der Waals surface area (Å²) in [5, 5.41) is 9.49. The van der Waals surface area contributed by atoms with E-state index < -0.39 is 18.2 Å². The summed E-state index contributed by atoms with van der Waals surface area (Å²) in [7, 11) is 0. The van der Waals surface area contributed by atoms with E-state index in [9.17, 15) is 13.9 Å². The Morgan fingerprint density at radius 3 is 2.50 bits per heavy atom. The number of allylic oxidation sites excluding steroid dienone is 1. The average molecular weight is 401 g/mol. The van der Waals surface area contributed by atoms with Crippen LogP contribution in [0, 0.1) is 23.5 Å². The molecule has 0 saturated heterocycles. The molecule has 4 heteroatoms. The molecule has 0 heterocycles. The third kappa shape index (κ3) is 4.45. The van der Waals surface area contributed by atoms with Gasteiger partial charge in [-0.1, -0.05) is 55.1 Å². The van der Waals surface area contributed by atoms with Crippen molar-refractivity contribution in [2.45, 2.75) is 64.9 Å². The molecular formula is C20H27BrF2O. The van der Waals surface area contributed by atoms with Gasteiger partial charge >= 0.3 is 0 Å². The summed E-state index contributed by atoms with van der Waals surface area (Å²) in [4.78, 5) is 0. The van der Waals surface area contributed by atoms with Crippen molar-refractivity contribution in [1.29, 1.82) is 0 Å². The lowest BCUT2D eigenvalue weighted by Crippen LogP contribution is -2.17. The minimum atomic E-state index is -0.967. The monoisotopic (exact) mass is 400 g/mol. The van der Waals surface area contributed by atoms with E-state index in [4.69, 9.17) is 0 Å². The smallest absolute Gasteiger partial charge is 0.165 e. The van der Waals surface area contributed by atoms with Crippen molar-refractivity contribution in [2.24, 2.45) is 11.8 Å². The molecule has 1 aromatic carbocycles. The normalized spacial score (nSPS) is 21.0. The van der Waals surface area contributed by atoms with Gasteiger partial charge in [-0.2, -0.15) is 0 Å². The molecule has 1 saturated carbocycles. The summed E-state index contributed by atoms with van der Waals surface area (Å²) < 4.78 is 28.0. The van der Waals surface area contributed by atoms with Crippen molar-refractivity contribution in [3.63, 3.8) is 0 Å². The first-order valence-electron chi connectivity index (χ1n) is 8.95. The summed E-state index contributed by atoms with van der Waals surface area (Å²) in [5.41, 5.74) is 1.37. The van der Waals surface area contributed by atoms with Gasteiger partial charge in [0.1, 0.15) is 0 Å². The Kier molecular flexibility index (Phi) is 7.42. The standard InChI is InChI=1S/C20H27BrF2O/c1-3-4-5-6-14-7-9-15(10-8-14)13(2)19-16(12-24)20(23)18(22)11-17(19)21/h11,14-15,24H,2-10,12H2,1H3. The van der Waals surface area contributed by atoms with Crippen LogP contribution >= 0.6 is 15.9 Å². The van der Waals surface area contributed by atoms with Crippen LogP contribution in [0.5, 0.6) is 0 Å². The predicted octanol–water partition coefficient (Wildman–Crippen LogP) is 6.62. The Morgan fingerprint density at radius 2 is 1.92 bits per heavy atom. The van der Waals surface area contributed by atoms with Crippen molar-refractivity contribution in [3.05, 3.63) is 39.9 Å². The Balaban J connectivity index is 2.07. The fourth-order valence-corrected chi connectivity index (χ4v) is 4.52. The van der Waals surface area contributed by atoms with E-state index in [-0.39, 0.29) is 11.5 Å². The van der Waals surface area contributed by atoms with Gasteiger partial charge in [0.2, 0.25) is 0 Å². The van der Waals surface area contributed by atoms with Gasteiger partial charge in [0.25, 0.3) is 0 Å². The Hall–Kier alpha value is -0.740. The lowest BCUT2D eigenvalue weighted by molar-refractivity contribution is 0.271. The third-order valence-electron chi connectivity index (χ3n) is 5.30. The molecule has 0 aromatic heterocycles. The molecule has 0 bridgehead atoms. The van der Waals surface area contributed by atoms with E-state index in [1.54, 1.807) is 0 Å². The first-order valence-corrected chi connectivity index (χ1v) is 9.75. The molecule has 0 spiro atoms. The van der Waals surface area contributed by atoms with Crippen LogP contribution in [0.2, 0.25) is 0 Å². The molecular weight excluding hydrogens is 374 g/mol. The highest BCUT2D eigenvalue weighted by Crippen LogP contribution is 2.42. The lowest BCUT2D eigenvalue weighted by atomic mass is 9.75. The molecule has 24 heavy (non-hydrogen) atoms. The van der Waals surface area contributed by atoms with Crippen molar-refractivity contribution in [1.82, 2.24) is 0 Å². The number of hydrogen-bond donors (Lipinski definition) is 1. The van der Waals surface area contributed by atoms with E-state index in [0.29, 0.717) is 10.0 Å². The van der Waals surface area contributed by atoms with Crippen LogP contribution in [0.4, 0.5) is 8.78 Å². The molecule has 1 fully saturated rings. The van der Waals surface area contributed by atoms with Crippen LogP contribution in [-0.4, -0.2) is 5.11 Å². The highest BCUT2D eigenvalue weighted by atomic mass is 79.9. The van der Waals surface area contributed by atoms with Crippen LogP contribution in [0.25, 0.3) is 5.57 Å². The van der Waals surface area contributed by atoms with Gasteiger partial charge < -0.3 is 5.11 Å². The third-order valence-corrected chi connectivity index (χ3v) is 5.93. The van der Waals surface area contributed by atoms with Gasteiger partial charge in [-0.15, -0.1) is 0 Å². The maximum atomic E-state index is 14.0. The van der Waals surface area contributed by atoms with Gasteiger partial charge in [-0.3, -0.25) is 0 Å². The number of benzene rings is 1. The molecule has 0 unspecified atom stereocenters. The highest BCUT2D eigenvalue weighted by molar-refractivity contribution is 9.10. The van der Waals surface area contributed by atoms with Gasteiger partial charge in [-0.25, -0.2) is 8.78 Å². The van der Waals surface area contributed by atoms with E-state index in [1.807, 2.05) is 0 Å². The van der Waals surface area contributed by atoms with E-state index in [2.05, 4.69) is 29.4 Å². The fourth-order valence-electron chi connectivity index (χ4n) is 3.83. The van der Waals surface area contributed by atoms with E-state index in [1.165, 1.54) is 38.5 Å². The summed E-state index contributed by atoms with van der Waals surface area (Å²) in [6.07, 6.45) is 9.55. The van der Waals surface area contributed by atoms with E-state index in [0.717, 1.165) is 30.4 Å². The van der Waals surface area contributed by atoms with Crippen molar-refractivity contribution >= 4 is 21.5 Å². The fraction of sp³-hybridized carbons (Fsp3) is 0.600. The number of hydrogen-bond acceptors (Lipinski definition) is 1. The maximum absolute atomic E-state index is 14.0. The average Bonchev–Trinajstić information content (AvgIpc) is 2.58. The molecule has 1 N–H and O–H groups in total. The molecule has 0 aliphatic heterocycles. The zero-order valence-corrected chi connectivity index (χ0v) is 16.0. The molecule has 134 valence electrons. The minimum Gasteiger partial charge on any atom is -0.392 e. The maximum Gasteiger partial charge on any atom is 0.165 e. The lowest BCUT2D eigenvalue weighted by Gasteiger charge is -2.31. The Morgan fingerprint density at radius 1 is 1.25 bits per heavy atom. The minimum absolute atomic E-state index is 0.0111. The number of aliphatic hydroxyl groups is 1. The van der Waals surface area contributed by atoms with Crippen LogP contribution in [0.3, 0.4) is 0 Å². The number of unbranched alkanes of at least 4 members (excludes halogenated alkanes) is 2. The quantitative estimate of drug-likeness (QED) is 0.402. The molecule has 0 atom stereocenters. The summed E-state index contributed by atoms with van der Waals surface area (Å²) >= 11 is 3.32. The molecule has 1 nitrogen and oxygen atoms in total. The van der Waals surface area contributed by atoms with Crippen molar-refractivity contribution in [3.8, 4) is 0 Å². The largest absolute Gasteiger partial charge is 0.392 e. The molecule has 0 amide bonds. The van der Waals surface area contributed by atoms with Crippen LogP contribution in [0.15, 0.2) is 17.1 Å². The predicted molar refractivity (Wildman–Crippen MR) is 98.6 cm³/mol. The first kappa shape index (κ1) is 19.6. The highest BCUT2D eigenvalue weighted by Gasteiger charge is 2.27. The van der Waals surface area contributed by atoms with Crippen molar-refractivity contribution < 1.29 is 13.9 Å². The van der Waals surface area contributed by atoms with Crippen LogP contribution < -0.4 is 0 Å². The Labute approximate surface area is 152 Å². The van der Waals surface area contributed by atoms with Gasteiger partial charge in [0.05, 0.1) is 6.61 Å². The Bertz CT molecular complexity index is 577. The molecule has 1 aliphatic rings. The van der Waals surface area contributed by atoms with Crippen molar-refractivity contribution in [2.75, 3.05) is 0 Å². The SMILES string of the molecule is C=C(c1c(Br)cc(F)c(F)c1CO)C1CCC(CCCCC)CC1. The van der Waals surface area contributed by atoms with Crippen LogP contribution in [0.1, 0.15) is 69.4 Å². The van der Waals surface area contributed by atoms with Gasteiger partial charge in [0.15, 0.2) is 11.6 Å². The molecule has 1 aliphatic carbocycles. The summed E-state index contributed by atoms with van der Waals surface area (Å²) in [6.45, 7) is 5.86. The molecule has 0 radical (unpaired) electrons. The number of halogens is 3. The topological polar surface area (TPSA) is 20.2 Å². The second kappa shape index (κ2) is 9.10. The zero-order chi connectivity index (χ0) is 17.7. The first-order chi connectivity index (χ1) is 11.5. The summed E-state index contributed by atoms with van der Waals surface area (Å²) in [6, 6.07) is 1.13. The molecule has 1 aromatic rings. The second-order valence-corrected chi connectivity index (χ2v) is 7.76. The number of rotatable bonds is 7.